The summed E-state index contributed by atoms with van der Waals surface area (Å²) < 4.78 is 5.78. The first-order chi connectivity index (χ1) is 13.1. The van der Waals surface area contributed by atoms with E-state index in [-0.39, 0.29) is 17.2 Å². The van der Waals surface area contributed by atoms with E-state index in [2.05, 4.69) is 15.3 Å². The van der Waals surface area contributed by atoms with Crippen molar-refractivity contribution in [3.8, 4) is 0 Å². The standard InChI is InChI=1S/C20H24N4O2S/c1-27-19-23-17(22-14-9-5-6-12-26-14)15(18(25)24-19)16(21)20(10-11-20)13-7-3-2-4-8-13/h2-4,7-8,14,21H,5-6,9-12H2,1H3,(H2,22,23,24,25). The highest BCUT2D eigenvalue weighted by atomic mass is 32.2. The summed E-state index contributed by atoms with van der Waals surface area (Å²) in [7, 11) is 0. The van der Waals surface area contributed by atoms with Crippen molar-refractivity contribution < 1.29 is 4.74 Å². The van der Waals surface area contributed by atoms with Crippen LogP contribution in [0, 0.1) is 5.41 Å². The van der Waals surface area contributed by atoms with Gasteiger partial charge in [-0.05, 0) is 43.9 Å². The fourth-order valence-electron chi connectivity index (χ4n) is 3.70. The number of aromatic nitrogens is 2. The molecule has 4 rings (SSSR count). The van der Waals surface area contributed by atoms with Crippen molar-refractivity contribution in [2.24, 2.45) is 0 Å². The molecule has 7 heteroatoms. The van der Waals surface area contributed by atoms with Crippen molar-refractivity contribution in [1.82, 2.24) is 9.97 Å². The predicted molar refractivity (Wildman–Crippen MR) is 108 cm³/mol. The molecule has 1 unspecified atom stereocenters. The Morgan fingerprint density at radius 3 is 2.74 bits per heavy atom. The van der Waals surface area contributed by atoms with Crippen LogP contribution in [0.25, 0.3) is 0 Å². The second-order valence-corrected chi connectivity index (χ2v) is 7.92. The maximum absolute atomic E-state index is 12.9. The normalized spacial score (nSPS) is 20.9. The van der Waals surface area contributed by atoms with Crippen LogP contribution >= 0.6 is 11.8 Å². The summed E-state index contributed by atoms with van der Waals surface area (Å²) >= 11 is 1.38. The molecule has 2 heterocycles. The number of aromatic amines is 1. The van der Waals surface area contributed by atoms with Gasteiger partial charge in [0.1, 0.15) is 17.6 Å². The van der Waals surface area contributed by atoms with Crippen molar-refractivity contribution in [2.75, 3.05) is 18.2 Å². The van der Waals surface area contributed by atoms with E-state index in [0.717, 1.165) is 37.7 Å². The molecule has 0 radical (unpaired) electrons. The molecule has 0 amide bonds. The van der Waals surface area contributed by atoms with E-state index >= 15 is 0 Å². The van der Waals surface area contributed by atoms with Crippen molar-refractivity contribution in [1.29, 1.82) is 5.41 Å². The van der Waals surface area contributed by atoms with Gasteiger partial charge >= 0.3 is 0 Å². The summed E-state index contributed by atoms with van der Waals surface area (Å²) in [6.07, 6.45) is 6.46. The Balaban J connectivity index is 1.73. The number of hydrogen-bond acceptors (Lipinski definition) is 6. The van der Waals surface area contributed by atoms with Crippen LogP contribution in [0.2, 0.25) is 0 Å². The third-order valence-electron chi connectivity index (χ3n) is 5.37. The molecule has 1 saturated carbocycles. The number of H-pyrrole nitrogens is 1. The molecular weight excluding hydrogens is 360 g/mol. The molecule has 2 aliphatic rings. The van der Waals surface area contributed by atoms with E-state index in [1.165, 1.54) is 11.8 Å². The van der Waals surface area contributed by atoms with Gasteiger partial charge in [-0.3, -0.25) is 4.79 Å². The molecule has 3 N–H and O–H groups in total. The van der Waals surface area contributed by atoms with Crippen molar-refractivity contribution in [3.63, 3.8) is 0 Å². The van der Waals surface area contributed by atoms with Gasteiger partial charge in [-0.2, -0.15) is 0 Å². The molecule has 1 aliphatic heterocycles. The Bertz CT molecular complexity index is 887. The number of nitrogens with zero attached hydrogens (tertiary/aromatic N) is 1. The maximum atomic E-state index is 12.9. The second kappa shape index (κ2) is 7.48. The van der Waals surface area contributed by atoms with Crippen LogP contribution in [0.4, 0.5) is 5.82 Å². The molecule has 6 nitrogen and oxygen atoms in total. The molecule has 1 aromatic heterocycles. The van der Waals surface area contributed by atoms with Crippen molar-refractivity contribution >= 4 is 23.3 Å². The highest BCUT2D eigenvalue weighted by Crippen LogP contribution is 2.50. The third kappa shape index (κ3) is 3.53. The molecule has 0 spiro atoms. The molecule has 27 heavy (non-hydrogen) atoms. The van der Waals surface area contributed by atoms with E-state index in [0.29, 0.717) is 28.9 Å². The largest absolute Gasteiger partial charge is 0.359 e. The van der Waals surface area contributed by atoms with Crippen LogP contribution in [-0.2, 0) is 10.2 Å². The van der Waals surface area contributed by atoms with Crippen LogP contribution in [0.15, 0.2) is 40.3 Å². The lowest BCUT2D eigenvalue weighted by atomic mass is 9.87. The Labute approximate surface area is 162 Å². The van der Waals surface area contributed by atoms with Crippen LogP contribution in [0.5, 0.6) is 0 Å². The van der Waals surface area contributed by atoms with Gasteiger partial charge in [0.15, 0.2) is 5.16 Å². The van der Waals surface area contributed by atoms with Crippen LogP contribution in [0.1, 0.15) is 43.2 Å². The van der Waals surface area contributed by atoms with Gasteiger partial charge in [0.05, 0.1) is 5.71 Å². The zero-order chi connectivity index (χ0) is 18.9. The number of hydrogen-bond donors (Lipinski definition) is 3. The zero-order valence-corrected chi connectivity index (χ0v) is 16.2. The van der Waals surface area contributed by atoms with Gasteiger partial charge in [-0.15, -0.1) is 0 Å². The molecule has 1 atom stereocenters. The summed E-state index contributed by atoms with van der Waals surface area (Å²) in [4.78, 5) is 20.3. The zero-order valence-electron chi connectivity index (χ0n) is 15.4. The molecule has 0 bridgehead atoms. The lowest BCUT2D eigenvalue weighted by Gasteiger charge is -2.26. The topological polar surface area (TPSA) is 90.9 Å². The highest BCUT2D eigenvalue weighted by Gasteiger charge is 2.50. The number of anilines is 1. The van der Waals surface area contributed by atoms with E-state index in [1.54, 1.807) is 0 Å². The Kier molecular flexibility index (Phi) is 5.06. The highest BCUT2D eigenvalue weighted by molar-refractivity contribution is 7.98. The summed E-state index contributed by atoms with van der Waals surface area (Å²) in [5.41, 5.74) is 1.11. The summed E-state index contributed by atoms with van der Waals surface area (Å²) in [5, 5.41) is 12.7. The summed E-state index contributed by atoms with van der Waals surface area (Å²) in [6.45, 7) is 0.705. The number of rotatable bonds is 6. The molecule has 1 saturated heterocycles. The van der Waals surface area contributed by atoms with Gasteiger partial charge in [0.2, 0.25) is 0 Å². The number of nitrogens with one attached hydrogen (secondary N) is 3. The monoisotopic (exact) mass is 384 g/mol. The van der Waals surface area contributed by atoms with E-state index in [4.69, 9.17) is 10.1 Å². The average Bonchev–Trinajstić information content (AvgIpc) is 3.51. The molecule has 1 aliphatic carbocycles. The van der Waals surface area contributed by atoms with E-state index in [9.17, 15) is 4.79 Å². The van der Waals surface area contributed by atoms with Gasteiger partial charge in [0.25, 0.3) is 5.56 Å². The number of benzene rings is 1. The van der Waals surface area contributed by atoms with Gasteiger partial charge < -0.3 is 20.4 Å². The van der Waals surface area contributed by atoms with E-state index < -0.39 is 0 Å². The Morgan fingerprint density at radius 2 is 2.11 bits per heavy atom. The Morgan fingerprint density at radius 1 is 1.33 bits per heavy atom. The Hall–Kier alpha value is -2.12. The fourth-order valence-corrected chi connectivity index (χ4v) is 4.07. The predicted octanol–water partition coefficient (Wildman–Crippen LogP) is 3.53. The minimum absolute atomic E-state index is 0.166. The quantitative estimate of drug-likeness (QED) is 0.403. The third-order valence-corrected chi connectivity index (χ3v) is 5.95. The second-order valence-electron chi connectivity index (χ2n) is 7.12. The molecule has 2 aromatic rings. The first-order valence-corrected chi connectivity index (χ1v) is 10.6. The van der Waals surface area contributed by atoms with Crippen molar-refractivity contribution in [3.05, 3.63) is 51.8 Å². The smallest absolute Gasteiger partial charge is 0.262 e. The summed E-state index contributed by atoms with van der Waals surface area (Å²) in [5.74, 6) is 0.460. The maximum Gasteiger partial charge on any atom is 0.262 e. The number of ether oxygens (including phenoxy) is 1. The van der Waals surface area contributed by atoms with Crippen LogP contribution in [0.3, 0.4) is 0 Å². The van der Waals surface area contributed by atoms with Gasteiger partial charge in [-0.25, -0.2) is 4.98 Å². The minimum Gasteiger partial charge on any atom is -0.359 e. The SMILES string of the molecule is CSc1nc(NC2CCCCO2)c(C(=N)C2(c3ccccc3)CC2)c(=O)[nH]1. The first-order valence-electron chi connectivity index (χ1n) is 9.35. The molecular formula is C20H24N4O2S. The molecule has 142 valence electrons. The lowest BCUT2D eigenvalue weighted by molar-refractivity contribution is 0.0340. The van der Waals surface area contributed by atoms with Gasteiger partial charge in [-0.1, -0.05) is 42.1 Å². The average molecular weight is 385 g/mol. The minimum atomic E-state index is -0.388. The van der Waals surface area contributed by atoms with Crippen LogP contribution in [-0.4, -0.2) is 34.8 Å². The van der Waals surface area contributed by atoms with Crippen molar-refractivity contribution in [2.45, 2.75) is 48.9 Å². The molecule has 2 fully saturated rings. The molecule has 1 aromatic carbocycles. The van der Waals surface area contributed by atoms with E-state index in [1.807, 2.05) is 36.6 Å². The first kappa shape index (κ1) is 18.3. The van der Waals surface area contributed by atoms with Gasteiger partial charge in [0, 0.05) is 12.0 Å². The van der Waals surface area contributed by atoms with Crippen LogP contribution < -0.4 is 10.9 Å². The fraction of sp³-hybridized carbons (Fsp3) is 0.450. The summed E-state index contributed by atoms with van der Waals surface area (Å²) in [6, 6.07) is 10.0. The lowest BCUT2D eigenvalue weighted by Crippen LogP contribution is -2.34. The number of thioether (sulfide) groups is 1.